The Morgan fingerprint density at radius 3 is 2.50 bits per heavy atom. The zero-order valence-corrected chi connectivity index (χ0v) is 17.6. The van der Waals surface area contributed by atoms with Gasteiger partial charge >= 0.3 is 5.56 Å². The summed E-state index contributed by atoms with van der Waals surface area (Å²) in [5.74, 6) is 0.263. The third kappa shape index (κ3) is 5.08. The molecule has 2 aromatic heterocycles. The normalized spacial score (nSPS) is 11.0. The van der Waals surface area contributed by atoms with E-state index in [4.69, 9.17) is 0 Å². The van der Waals surface area contributed by atoms with Gasteiger partial charge in [-0.1, -0.05) is 30.3 Å². The first-order chi connectivity index (χ1) is 15.6. The quantitative estimate of drug-likeness (QED) is 0.411. The molecule has 0 aliphatic carbocycles. The largest absolute Gasteiger partial charge is 0.356 e. The molecule has 0 radical (unpaired) electrons. The number of aryl methyl sites for hydroxylation is 2. The number of carbonyl (C=O) groups excluding carboxylic acids is 1. The van der Waals surface area contributed by atoms with Crippen molar-refractivity contribution in [2.75, 3.05) is 6.54 Å². The number of hydrogen-bond acceptors (Lipinski definition) is 4. The van der Waals surface area contributed by atoms with Gasteiger partial charge in [-0.15, -0.1) is 10.2 Å². The van der Waals surface area contributed by atoms with Crippen LogP contribution in [-0.4, -0.2) is 31.6 Å². The number of carbonyl (C=O) groups is 1. The van der Waals surface area contributed by atoms with Crippen LogP contribution in [0.25, 0.3) is 11.3 Å². The summed E-state index contributed by atoms with van der Waals surface area (Å²) < 4.78 is 16.2. The van der Waals surface area contributed by atoms with E-state index in [1.807, 2.05) is 18.2 Å². The molecular formula is C24H24FN5O2. The lowest BCUT2D eigenvalue weighted by molar-refractivity contribution is -0.121. The molecule has 1 amide bonds. The number of nitrogens with one attached hydrogen (secondary N) is 1. The molecule has 0 aliphatic heterocycles. The van der Waals surface area contributed by atoms with E-state index < -0.39 is 0 Å². The van der Waals surface area contributed by atoms with Gasteiger partial charge in [0.2, 0.25) is 11.6 Å². The van der Waals surface area contributed by atoms with Gasteiger partial charge in [0.15, 0.2) is 0 Å². The minimum absolute atomic E-state index is 0.00514. The maximum Gasteiger partial charge on any atom is 0.300 e. The number of rotatable bonds is 9. The Hall–Kier alpha value is -3.81. The first-order valence-electron chi connectivity index (χ1n) is 10.6. The zero-order chi connectivity index (χ0) is 22.3. The van der Waals surface area contributed by atoms with Gasteiger partial charge in [0.05, 0.1) is 0 Å². The smallest absolute Gasteiger partial charge is 0.300 e. The maximum absolute atomic E-state index is 13.1. The van der Waals surface area contributed by atoms with Crippen LogP contribution >= 0.6 is 0 Å². The van der Waals surface area contributed by atoms with Gasteiger partial charge in [0.1, 0.15) is 11.6 Å². The molecule has 0 fully saturated rings. The summed E-state index contributed by atoms with van der Waals surface area (Å²) >= 11 is 0. The number of halogens is 1. The predicted molar refractivity (Wildman–Crippen MR) is 119 cm³/mol. The summed E-state index contributed by atoms with van der Waals surface area (Å²) in [6, 6.07) is 15.8. The molecule has 4 aromatic rings. The van der Waals surface area contributed by atoms with E-state index in [2.05, 4.69) is 27.6 Å². The van der Waals surface area contributed by atoms with Crippen LogP contribution in [0.15, 0.2) is 71.8 Å². The molecule has 0 unspecified atom stereocenters. The topological polar surface area (TPSA) is 81.3 Å². The van der Waals surface area contributed by atoms with Crippen molar-refractivity contribution in [2.24, 2.45) is 0 Å². The Labute approximate surface area is 184 Å². The van der Waals surface area contributed by atoms with Gasteiger partial charge in [-0.05, 0) is 49.1 Å². The first-order valence-corrected chi connectivity index (χ1v) is 10.6. The minimum atomic E-state index is -0.368. The van der Waals surface area contributed by atoms with Crippen molar-refractivity contribution in [1.82, 2.24) is 24.5 Å². The Morgan fingerprint density at radius 1 is 0.938 bits per heavy atom. The highest BCUT2D eigenvalue weighted by atomic mass is 19.1. The monoisotopic (exact) mass is 433 g/mol. The third-order valence-electron chi connectivity index (χ3n) is 5.26. The second-order valence-electron chi connectivity index (χ2n) is 7.55. The van der Waals surface area contributed by atoms with Gasteiger partial charge < -0.3 is 5.32 Å². The van der Waals surface area contributed by atoms with E-state index >= 15 is 0 Å². The van der Waals surface area contributed by atoms with Crippen LogP contribution in [-0.2, 0) is 17.6 Å². The predicted octanol–water partition coefficient (Wildman–Crippen LogP) is 3.09. The summed E-state index contributed by atoms with van der Waals surface area (Å²) in [6.07, 6.45) is 6.65. The van der Waals surface area contributed by atoms with E-state index in [1.54, 1.807) is 16.8 Å². The molecule has 1 N–H and O–H groups in total. The molecule has 0 saturated carbocycles. The van der Waals surface area contributed by atoms with Crippen LogP contribution in [0.3, 0.4) is 0 Å². The zero-order valence-electron chi connectivity index (χ0n) is 17.6. The van der Waals surface area contributed by atoms with Crippen LogP contribution in [0.4, 0.5) is 4.39 Å². The van der Waals surface area contributed by atoms with Crippen molar-refractivity contribution in [2.45, 2.75) is 32.1 Å². The average molecular weight is 433 g/mol. The van der Waals surface area contributed by atoms with Crippen molar-refractivity contribution in [3.05, 3.63) is 94.5 Å². The van der Waals surface area contributed by atoms with Crippen molar-refractivity contribution in [3.8, 4) is 5.69 Å². The molecule has 164 valence electrons. The number of hydrogen-bond donors (Lipinski definition) is 1. The highest BCUT2D eigenvalue weighted by Gasteiger charge is 2.12. The Bertz CT molecular complexity index is 1250. The summed E-state index contributed by atoms with van der Waals surface area (Å²) in [7, 11) is 0. The van der Waals surface area contributed by atoms with Gasteiger partial charge in [0.25, 0.3) is 0 Å². The van der Waals surface area contributed by atoms with Gasteiger partial charge in [-0.25, -0.2) is 4.39 Å². The van der Waals surface area contributed by atoms with Crippen LogP contribution in [0.2, 0.25) is 0 Å². The Morgan fingerprint density at radius 2 is 1.72 bits per heavy atom. The highest BCUT2D eigenvalue weighted by molar-refractivity contribution is 5.75. The van der Waals surface area contributed by atoms with Gasteiger partial charge in [-0.2, -0.15) is 0 Å². The summed E-state index contributed by atoms with van der Waals surface area (Å²) in [4.78, 5) is 24.8. The lowest BCUT2D eigenvalue weighted by Crippen LogP contribution is -2.24. The van der Waals surface area contributed by atoms with Crippen molar-refractivity contribution in [3.63, 3.8) is 0 Å². The molecule has 0 aliphatic rings. The molecular weight excluding hydrogens is 409 g/mol. The molecule has 7 nitrogen and oxygen atoms in total. The van der Waals surface area contributed by atoms with E-state index in [-0.39, 0.29) is 22.9 Å². The maximum atomic E-state index is 13.1. The molecule has 2 heterocycles. The van der Waals surface area contributed by atoms with Crippen molar-refractivity contribution < 1.29 is 9.18 Å². The standard InChI is InChI=1S/C24H24FN5O2/c25-19-11-13-20(14-12-19)29-16-17-30-21(27-28-23(30)24(29)32)9-4-10-22(31)26-15-5-8-18-6-2-1-3-7-18/h1-3,6-7,11-14,16-17H,4-5,8-10,15H2,(H,26,31). The molecule has 0 bridgehead atoms. The Balaban J connectivity index is 1.29. The highest BCUT2D eigenvalue weighted by Crippen LogP contribution is 2.09. The van der Waals surface area contributed by atoms with Gasteiger partial charge in [-0.3, -0.25) is 18.6 Å². The van der Waals surface area contributed by atoms with Gasteiger partial charge in [0, 0.05) is 37.5 Å². The molecule has 8 heteroatoms. The van der Waals surface area contributed by atoms with Crippen LogP contribution in [0.5, 0.6) is 0 Å². The molecule has 32 heavy (non-hydrogen) atoms. The Kier molecular flexibility index (Phi) is 6.69. The van der Waals surface area contributed by atoms with E-state index in [9.17, 15) is 14.0 Å². The van der Waals surface area contributed by atoms with Crippen LogP contribution in [0, 0.1) is 5.82 Å². The third-order valence-corrected chi connectivity index (χ3v) is 5.26. The lowest BCUT2D eigenvalue weighted by atomic mass is 10.1. The fourth-order valence-electron chi connectivity index (χ4n) is 3.57. The SMILES string of the molecule is O=C(CCCc1nnc2c(=O)n(-c3ccc(F)cc3)ccn12)NCCCc1ccccc1. The average Bonchev–Trinajstić information content (AvgIpc) is 3.22. The van der Waals surface area contributed by atoms with Crippen molar-refractivity contribution in [1.29, 1.82) is 0 Å². The molecule has 0 spiro atoms. The summed E-state index contributed by atoms with van der Waals surface area (Å²) in [5, 5.41) is 11.1. The second kappa shape index (κ2) is 10.00. The van der Waals surface area contributed by atoms with Crippen molar-refractivity contribution >= 4 is 11.6 Å². The minimum Gasteiger partial charge on any atom is -0.356 e. The fraction of sp³-hybridized carbons (Fsp3) is 0.250. The molecule has 0 saturated heterocycles. The lowest BCUT2D eigenvalue weighted by Gasteiger charge is -2.07. The fourth-order valence-corrected chi connectivity index (χ4v) is 3.57. The van der Waals surface area contributed by atoms with Crippen LogP contribution in [0.1, 0.15) is 30.7 Å². The number of nitrogens with zero attached hydrogens (tertiary/aromatic N) is 4. The van der Waals surface area contributed by atoms with E-state index in [0.29, 0.717) is 37.3 Å². The molecule has 2 aromatic carbocycles. The van der Waals surface area contributed by atoms with Crippen LogP contribution < -0.4 is 10.9 Å². The number of amides is 1. The first kappa shape index (κ1) is 21.4. The van der Waals surface area contributed by atoms with E-state index in [0.717, 1.165) is 12.8 Å². The number of aromatic nitrogens is 4. The number of benzene rings is 2. The molecule has 0 atom stereocenters. The summed E-state index contributed by atoms with van der Waals surface area (Å²) in [6.45, 7) is 0.643. The molecule has 4 rings (SSSR count). The number of fused-ring (bicyclic) bond motifs is 1. The summed E-state index contributed by atoms with van der Waals surface area (Å²) in [5.41, 5.74) is 1.66. The second-order valence-corrected chi connectivity index (χ2v) is 7.55. The van der Waals surface area contributed by atoms with E-state index in [1.165, 1.54) is 34.4 Å².